The third-order valence-corrected chi connectivity index (χ3v) is 9.71. The minimum atomic E-state index is -1.71. The molecule has 152 valence electrons. The molecule has 27 heavy (non-hydrogen) atoms. The molecule has 0 heterocycles. The maximum absolute atomic E-state index is 12.0. The molecule has 1 unspecified atom stereocenters. The summed E-state index contributed by atoms with van der Waals surface area (Å²) >= 11 is 0. The first-order valence-electron chi connectivity index (χ1n) is 9.52. The summed E-state index contributed by atoms with van der Waals surface area (Å²) in [4.78, 5) is 22.6. The second-order valence-corrected chi connectivity index (χ2v) is 13.2. The molecule has 1 aromatic rings. The minimum Gasteiger partial charge on any atom is -0.458 e. The van der Waals surface area contributed by atoms with Crippen LogP contribution in [0.2, 0.25) is 18.1 Å². The molecule has 7 heteroatoms. The van der Waals surface area contributed by atoms with Crippen LogP contribution >= 0.6 is 0 Å². The maximum Gasteiger partial charge on any atom is 0.306 e. The van der Waals surface area contributed by atoms with Gasteiger partial charge in [-0.3, -0.25) is 14.9 Å². The molecular formula is C20H33NO5Si. The quantitative estimate of drug-likeness (QED) is 0.165. The van der Waals surface area contributed by atoms with Crippen LogP contribution in [0.3, 0.4) is 0 Å². The van der Waals surface area contributed by atoms with Crippen molar-refractivity contribution in [3.05, 3.63) is 39.9 Å². The standard InChI is InChI=1S/C20H33NO5Si/c1-16(17-12-9-10-13-18(17)21(23)24)26-19(22)14-8-7-11-15-25-27(5,6)20(2,3)4/h9-10,12-13,16H,7-8,11,14-15H2,1-6H3. The van der Waals surface area contributed by atoms with Crippen molar-refractivity contribution in [2.45, 2.75) is 77.6 Å². The van der Waals surface area contributed by atoms with Gasteiger partial charge in [-0.1, -0.05) is 39.3 Å². The van der Waals surface area contributed by atoms with Crippen LogP contribution in [-0.4, -0.2) is 25.8 Å². The Bertz CT molecular complexity index is 640. The number of nitro benzene ring substituents is 1. The highest BCUT2D eigenvalue weighted by Crippen LogP contribution is 2.36. The van der Waals surface area contributed by atoms with Gasteiger partial charge in [-0.2, -0.15) is 0 Å². The highest BCUT2D eigenvalue weighted by atomic mass is 28.4. The third kappa shape index (κ3) is 7.42. The Morgan fingerprint density at radius 2 is 1.81 bits per heavy atom. The molecule has 0 radical (unpaired) electrons. The Hall–Kier alpha value is -1.73. The number of unbranched alkanes of at least 4 members (excludes halogenated alkanes) is 2. The SMILES string of the molecule is CC(OC(=O)CCCCCO[Si](C)(C)C(C)(C)C)c1ccccc1[N+](=O)[O-]. The fraction of sp³-hybridized carbons (Fsp3) is 0.650. The molecule has 1 atom stereocenters. The summed E-state index contributed by atoms with van der Waals surface area (Å²) in [5, 5.41) is 11.3. The van der Waals surface area contributed by atoms with Gasteiger partial charge in [-0.05, 0) is 44.0 Å². The molecule has 0 bridgehead atoms. The molecule has 0 fully saturated rings. The molecule has 0 aliphatic rings. The number of rotatable bonds is 10. The van der Waals surface area contributed by atoms with E-state index < -0.39 is 19.3 Å². The first-order chi connectivity index (χ1) is 12.5. The first kappa shape index (κ1) is 23.3. The lowest BCUT2D eigenvalue weighted by Gasteiger charge is -2.36. The predicted octanol–water partition coefficient (Wildman–Crippen LogP) is 5.78. The van der Waals surface area contributed by atoms with E-state index in [-0.39, 0.29) is 16.7 Å². The van der Waals surface area contributed by atoms with Crippen LogP contribution < -0.4 is 0 Å². The third-order valence-electron chi connectivity index (χ3n) is 5.17. The fourth-order valence-corrected chi connectivity index (χ4v) is 3.50. The van der Waals surface area contributed by atoms with Crippen LogP contribution in [0, 0.1) is 10.1 Å². The van der Waals surface area contributed by atoms with Gasteiger partial charge in [-0.25, -0.2) is 0 Å². The average Bonchev–Trinajstić information content (AvgIpc) is 2.56. The van der Waals surface area contributed by atoms with Gasteiger partial charge in [0.05, 0.1) is 10.5 Å². The molecular weight excluding hydrogens is 362 g/mol. The molecule has 1 rings (SSSR count). The van der Waals surface area contributed by atoms with Crippen LogP contribution in [0.5, 0.6) is 0 Å². The number of esters is 1. The summed E-state index contributed by atoms with van der Waals surface area (Å²) in [6.07, 6.45) is 2.21. The molecule has 0 aromatic heterocycles. The highest BCUT2D eigenvalue weighted by Gasteiger charge is 2.36. The van der Waals surface area contributed by atoms with Crippen molar-refractivity contribution in [2.75, 3.05) is 6.61 Å². The van der Waals surface area contributed by atoms with Gasteiger partial charge in [0.2, 0.25) is 0 Å². The number of nitro groups is 1. The Morgan fingerprint density at radius 1 is 1.19 bits per heavy atom. The summed E-state index contributed by atoms with van der Waals surface area (Å²) in [5.74, 6) is -0.328. The Balaban J connectivity index is 2.33. The van der Waals surface area contributed by atoms with Crippen molar-refractivity contribution in [1.82, 2.24) is 0 Å². The molecule has 1 aromatic carbocycles. The zero-order valence-corrected chi connectivity index (χ0v) is 18.4. The van der Waals surface area contributed by atoms with Crippen molar-refractivity contribution in [3.8, 4) is 0 Å². The second-order valence-electron chi connectivity index (χ2n) is 8.37. The van der Waals surface area contributed by atoms with E-state index in [2.05, 4.69) is 33.9 Å². The zero-order chi connectivity index (χ0) is 20.7. The van der Waals surface area contributed by atoms with Gasteiger partial charge in [0.1, 0.15) is 6.10 Å². The lowest BCUT2D eigenvalue weighted by atomic mass is 10.1. The van der Waals surface area contributed by atoms with Gasteiger partial charge in [0.25, 0.3) is 5.69 Å². The Kier molecular flexibility index (Phi) is 8.62. The van der Waals surface area contributed by atoms with Crippen LogP contribution in [0.25, 0.3) is 0 Å². The van der Waals surface area contributed by atoms with E-state index >= 15 is 0 Å². The lowest BCUT2D eigenvalue weighted by Crippen LogP contribution is -2.40. The van der Waals surface area contributed by atoms with Crippen molar-refractivity contribution in [2.24, 2.45) is 0 Å². The van der Waals surface area contributed by atoms with Gasteiger partial charge in [-0.15, -0.1) is 0 Å². The van der Waals surface area contributed by atoms with Gasteiger partial charge >= 0.3 is 5.97 Å². The van der Waals surface area contributed by atoms with E-state index in [1.807, 2.05) is 0 Å². The Labute approximate surface area is 163 Å². The summed E-state index contributed by atoms with van der Waals surface area (Å²) in [5.41, 5.74) is 0.388. The first-order valence-corrected chi connectivity index (χ1v) is 12.4. The van der Waals surface area contributed by atoms with Gasteiger partial charge in [0.15, 0.2) is 8.32 Å². The number of hydrogen-bond donors (Lipinski definition) is 0. The molecule has 0 aliphatic heterocycles. The van der Waals surface area contributed by atoms with Crippen molar-refractivity contribution in [3.63, 3.8) is 0 Å². The van der Waals surface area contributed by atoms with E-state index in [1.54, 1.807) is 25.1 Å². The van der Waals surface area contributed by atoms with Crippen LogP contribution in [0.1, 0.15) is 65.0 Å². The number of para-hydroxylation sites is 1. The molecule has 0 spiro atoms. The molecule has 0 amide bonds. The normalized spacial score (nSPS) is 13.3. The number of hydrogen-bond acceptors (Lipinski definition) is 5. The van der Waals surface area contributed by atoms with Gasteiger partial charge < -0.3 is 9.16 Å². The summed E-state index contributed by atoms with van der Waals surface area (Å²) in [7, 11) is -1.71. The minimum absolute atomic E-state index is 0.0272. The number of carbonyl (C=O) groups is 1. The van der Waals surface area contributed by atoms with E-state index in [0.717, 1.165) is 25.9 Å². The predicted molar refractivity (Wildman–Crippen MR) is 109 cm³/mol. The maximum atomic E-state index is 12.0. The lowest BCUT2D eigenvalue weighted by molar-refractivity contribution is -0.386. The monoisotopic (exact) mass is 395 g/mol. The van der Waals surface area contributed by atoms with Crippen molar-refractivity contribution >= 4 is 20.0 Å². The molecule has 0 N–H and O–H groups in total. The summed E-state index contributed by atoms with van der Waals surface area (Å²) in [6, 6.07) is 6.34. The zero-order valence-electron chi connectivity index (χ0n) is 17.4. The largest absolute Gasteiger partial charge is 0.458 e. The molecule has 0 aliphatic carbocycles. The summed E-state index contributed by atoms with van der Waals surface area (Å²) in [6.45, 7) is 13.5. The second kappa shape index (κ2) is 9.99. The van der Waals surface area contributed by atoms with Crippen LogP contribution in [-0.2, 0) is 14.0 Å². The Morgan fingerprint density at radius 3 is 2.41 bits per heavy atom. The highest BCUT2D eigenvalue weighted by molar-refractivity contribution is 6.74. The fourth-order valence-electron chi connectivity index (χ4n) is 2.41. The smallest absolute Gasteiger partial charge is 0.306 e. The average molecular weight is 396 g/mol. The number of carbonyl (C=O) groups excluding carboxylic acids is 1. The topological polar surface area (TPSA) is 78.7 Å². The van der Waals surface area contributed by atoms with Crippen molar-refractivity contribution < 1.29 is 18.9 Å². The van der Waals surface area contributed by atoms with E-state index in [4.69, 9.17) is 9.16 Å². The van der Waals surface area contributed by atoms with Gasteiger partial charge in [0, 0.05) is 19.1 Å². The number of nitrogens with zero attached hydrogens (tertiary/aromatic N) is 1. The van der Waals surface area contributed by atoms with E-state index in [0.29, 0.717) is 12.0 Å². The summed E-state index contributed by atoms with van der Waals surface area (Å²) < 4.78 is 11.5. The van der Waals surface area contributed by atoms with E-state index in [1.165, 1.54) is 6.07 Å². The molecule has 0 saturated carbocycles. The van der Waals surface area contributed by atoms with E-state index in [9.17, 15) is 14.9 Å². The molecule has 6 nitrogen and oxygen atoms in total. The van der Waals surface area contributed by atoms with Crippen LogP contribution in [0.15, 0.2) is 24.3 Å². The van der Waals surface area contributed by atoms with Crippen LogP contribution in [0.4, 0.5) is 5.69 Å². The molecule has 0 saturated heterocycles. The number of ether oxygens (including phenoxy) is 1. The number of benzene rings is 1. The van der Waals surface area contributed by atoms with Crippen molar-refractivity contribution in [1.29, 1.82) is 0 Å².